The monoisotopic (exact) mass is 274 g/mol. The van der Waals surface area contributed by atoms with E-state index < -0.39 is 0 Å². The van der Waals surface area contributed by atoms with Crippen LogP contribution < -0.4 is 16.0 Å². The summed E-state index contributed by atoms with van der Waals surface area (Å²) >= 11 is 0. The van der Waals surface area contributed by atoms with Crippen LogP contribution in [0.4, 0.5) is 0 Å². The second-order valence-corrected chi connectivity index (χ2v) is 5.11. The minimum Gasteiger partial charge on any atom is -0.496 e. The smallest absolute Gasteiger partial charge is 0.122 e. The van der Waals surface area contributed by atoms with E-state index in [1.54, 1.807) is 7.11 Å². The summed E-state index contributed by atoms with van der Waals surface area (Å²) in [5.41, 5.74) is 8.27. The molecule has 1 aromatic carbocycles. The average molecular weight is 274 g/mol. The molecule has 0 aliphatic rings. The molecular weight excluding hydrogens is 252 g/mol. The van der Waals surface area contributed by atoms with Crippen LogP contribution in [0.15, 0.2) is 18.2 Å². The molecule has 1 aromatic heterocycles. The van der Waals surface area contributed by atoms with Gasteiger partial charge in [-0.3, -0.25) is 10.5 Å². The summed E-state index contributed by atoms with van der Waals surface area (Å²) in [6.45, 7) is 6.07. The highest BCUT2D eigenvalue weighted by molar-refractivity contribution is 5.45. The van der Waals surface area contributed by atoms with E-state index in [0.29, 0.717) is 0 Å². The minimum absolute atomic E-state index is 0.0918. The number of ether oxygens (including phenoxy) is 1. The van der Waals surface area contributed by atoms with Crippen LogP contribution in [0.3, 0.4) is 0 Å². The Balaban J connectivity index is 2.52. The predicted molar refractivity (Wildman–Crippen MR) is 79.6 cm³/mol. The molecule has 1 heterocycles. The van der Waals surface area contributed by atoms with Crippen LogP contribution in [-0.2, 0) is 7.05 Å². The van der Waals surface area contributed by atoms with E-state index >= 15 is 0 Å². The molecule has 2 aromatic rings. The highest BCUT2D eigenvalue weighted by Gasteiger charge is 2.20. The SMILES string of the molecule is COc1cc(C)c(C(NN)c2cc(C)nn2C)cc1C. The minimum atomic E-state index is -0.0918. The Morgan fingerprint density at radius 2 is 1.90 bits per heavy atom. The molecule has 0 fully saturated rings. The van der Waals surface area contributed by atoms with E-state index in [4.69, 9.17) is 10.6 Å². The van der Waals surface area contributed by atoms with Gasteiger partial charge in [0.05, 0.1) is 24.5 Å². The topological polar surface area (TPSA) is 65.1 Å². The Kier molecular flexibility index (Phi) is 4.11. The number of hydrogen-bond acceptors (Lipinski definition) is 4. The largest absolute Gasteiger partial charge is 0.496 e. The molecule has 5 heteroatoms. The standard InChI is InChI=1S/C15H22N4O/c1-9-7-14(20-5)10(2)6-12(9)15(17-16)13-8-11(3)18-19(13)4/h6-8,15,17H,16H2,1-5H3. The van der Waals surface area contributed by atoms with Gasteiger partial charge < -0.3 is 4.74 Å². The number of nitrogens with one attached hydrogen (secondary N) is 1. The van der Waals surface area contributed by atoms with Gasteiger partial charge in [0, 0.05) is 7.05 Å². The number of methoxy groups -OCH3 is 1. The Labute approximate surface area is 119 Å². The van der Waals surface area contributed by atoms with Gasteiger partial charge in [-0.05, 0) is 49.6 Å². The molecule has 0 saturated carbocycles. The third kappa shape index (κ3) is 2.55. The van der Waals surface area contributed by atoms with E-state index in [1.807, 2.05) is 37.7 Å². The van der Waals surface area contributed by atoms with Crippen LogP contribution in [-0.4, -0.2) is 16.9 Å². The summed E-state index contributed by atoms with van der Waals surface area (Å²) in [6, 6.07) is 6.11. The highest BCUT2D eigenvalue weighted by atomic mass is 16.5. The summed E-state index contributed by atoms with van der Waals surface area (Å²) in [7, 11) is 3.61. The molecule has 3 N–H and O–H groups in total. The van der Waals surface area contributed by atoms with Gasteiger partial charge in [0.25, 0.3) is 0 Å². The van der Waals surface area contributed by atoms with Crippen molar-refractivity contribution in [3.63, 3.8) is 0 Å². The van der Waals surface area contributed by atoms with E-state index in [1.165, 1.54) is 0 Å². The van der Waals surface area contributed by atoms with Gasteiger partial charge in [0.15, 0.2) is 0 Å². The molecule has 0 aliphatic heterocycles. The first-order valence-electron chi connectivity index (χ1n) is 6.59. The third-order valence-electron chi connectivity index (χ3n) is 3.60. The normalized spacial score (nSPS) is 12.5. The molecule has 1 atom stereocenters. The first kappa shape index (κ1) is 14.6. The van der Waals surface area contributed by atoms with Crippen LogP contribution in [0.5, 0.6) is 5.75 Å². The van der Waals surface area contributed by atoms with Gasteiger partial charge in [-0.1, -0.05) is 6.07 Å². The van der Waals surface area contributed by atoms with Crippen molar-refractivity contribution in [1.29, 1.82) is 0 Å². The van der Waals surface area contributed by atoms with Crippen molar-refractivity contribution in [1.82, 2.24) is 15.2 Å². The van der Waals surface area contributed by atoms with Crippen molar-refractivity contribution < 1.29 is 4.74 Å². The number of rotatable bonds is 4. The summed E-state index contributed by atoms with van der Waals surface area (Å²) < 4.78 is 7.22. The lowest BCUT2D eigenvalue weighted by Crippen LogP contribution is -2.31. The van der Waals surface area contributed by atoms with Crippen LogP contribution in [0.2, 0.25) is 0 Å². The molecule has 5 nitrogen and oxygen atoms in total. The van der Waals surface area contributed by atoms with E-state index in [2.05, 4.69) is 23.5 Å². The number of nitrogens with zero attached hydrogens (tertiary/aromatic N) is 2. The first-order valence-corrected chi connectivity index (χ1v) is 6.59. The molecule has 20 heavy (non-hydrogen) atoms. The van der Waals surface area contributed by atoms with Gasteiger partial charge in [-0.25, -0.2) is 5.43 Å². The first-order chi connectivity index (χ1) is 9.47. The fourth-order valence-electron chi connectivity index (χ4n) is 2.58. The van der Waals surface area contributed by atoms with Crippen LogP contribution in [0.1, 0.15) is 34.1 Å². The maximum Gasteiger partial charge on any atom is 0.122 e. The molecule has 0 radical (unpaired) electrons. The predicted octanol–water partition coefficient (Wildman–Crippen LogP) is 1.91. The molecule has 0 aliphatic carbocycles. The lowest BCUT2D eigenvalue weighted by molar-refractivity contribution is 0.411. The highest BCUT2D eigenvalue weighted by Crippen LogP contribution is 2.29. The van der Waals surface area contributed by atoms with Crippen LogP contribution in [0, 0.1) is 20.8 Å². The van der Waals surface area contributed by atoms with Crippen LogP contribution in [0.25, 0.3) is 0 Å². The number of hydrogen-bond donors (Lipinski definition) is 2. The molecule has 0 bridgehead atoms. The quantitative estimate of drug-likeness (QED) is 0.660. The van der Waals surface area contributed by atoms with Gasteiger partial charge in [0.2, 0.25) is 0 Å². The molecular formula is C15H22N4O. The summed E-state index contributed by atoms with van der Waals surface area (Å²) in [6.07, 6.45) is 0. The number of nitrogens with two attached hydrogens (primary N) is 1. The zero-order chi connectivity index (χ0) is 14.9. The molecule has 1 unspecified atom stereocenters. The van der Waals surface area contributed by atoms with Crippen molar-refractivity contribution in [3.8, 4) is 5.75 Å². The fourth-order valence-corrected chi connectivity index (χ4v) is 2.58. The Morgan fingerprint density at radius 1 is 1.20 bits per heavy atom. The molecule has 108 valence electrons. The third-order valence-corrected chi connectivity index (χ3v) is 3.60. The number of aryl methyl sites for hydroxylation is 4. The summed E-state index contributed by atoms with van der Waals surface area (Å²) in [5, 5.41) is 4.39. The maximum atomic E-state index is 5.78. The number of benzene rings is 1. The van der Waals surface area contributed by atoms with Crippen LogP contribution >= 0.6 is 0 Å². The average Bonchev–Trinajstić information content (AvgIpc) is 2.73. The van der Waals surface area contributed by atoms with E-state index in [-0.39, 0.29) is 6.04 Å². The second kappa shape index (κ2) is 5.64. The Morgan fingerprint density at radius 3 is 2.40 bits per heavy atom. The molecule has 0 spiro atoms. The lowest BCUT2D eigenvalue weighted by atomic mass is 9.96. The molecule has 2 rings (SSSR count). The molecule has 0 saturated heterocycles. The fraction of sp³-hybridized carbons (Fsp3) is 0.400. The van der Waals surface area contributed by atoms with Crippen molar-refractivity contribution in [2.75, 3.05) is 7.11 Å². The van der Waals surface area contributed by atoms with Gasteiger partial charge >= 0.3 is 0 Å². The maximum absolute atomic E-state index is 5.78. The summed E-state index contributed by atoms with van der Waals surface area (Å²) in [4.78, 5) is 0. The zero-order valence-corrected chi connectivity index (χ0v) is 12.7. The summed E-state index contributed by atoms with van der Waals surface area (Å²) in [5.74, 6) is 6.67. The van der Waals surface area contributed by atoms with E-state index in [9.17, 15) is 0 Å². The zero-order valence-electron chi connectivity index (χ0n) is 12.7. The van der Waals surface area contributed by atoms with Gasteiger partial charge in [0.1, 0.15) is 5.75 Å². The Bertz CT molecular complexity index is 619. The number of hydrazine groups is 1. The van der Waals surface area contributed by atoms with Crippen molar-refractivity contribution in [2.24, 2.45) is 12.9 Å². The number of aromatic nitrogens is 2. The lowest BCUT2D eigenvalue weighted by Gasteiger charge is -2.20. The van der Waals surface area contributed by atoms with Crippen molar-refractivity contribution in [3.05, 3.63) is 46.3 Å². The van der Waals surface area contributed by atoms with E-state index in [0.717, 1.165) is 33.8 Å². The van der Waals surface area contributed by atoms with Gasteiger partial charge in [-0.2, -0.15) is 5.10 Å². The van der Waals surface area contributed by atoms with Gasteiger partial charge in [-0.15, -0.1) is 0 Å². The van der Waals surface area contributed by atoms with Crippen molar-refractivity contribution in [2.45, 2.75) is 26.8 Å². The molecule has 0 amide bonds. The Hall–Kier alpha value is -1.85. The van der Waals surface area contributed by atoms with Crippen molar-refractivity contribution >= 4 is 0 Å². The second-order valence-electron chi connectivity index (χ2n) is 5.11.